The van der Waals surface area contributed by atoms with Gasteiger partial charge in [0.1, 0.15) is 5.78 Å². The maximum atomic E-state index is 11.1. The van der Waals surface area contributed by atoms with Crippen LogP contribution in [0.3, 0.4) is 0 Å². The molecule has 21 heavy (non-hydrogen) atoms. The fourth-order valence-corrected chi connectivity index (χ4v) is 9.29. The number of carbonyl (C=O) groups excluding carboxylic acids is 1. The van der Waals surface area contributed by atoms with Crippen LogP contribution in [-0.2, 0) is 9.22 Å². The van der Waals surface area contributed by atoms with Gasteiger partial charge in [-0.1, -0.05) is 47.6 Å². The molecule has 0 unspecified atom stereocenters. The van der Waals surface area contributed by atoms with Crippen LogP contribution >= 0.6 is 0 Å². The molecule has 3 heteroatoms. The van der Waals surface area contributed by atoms with E-state index in [-0.39, 0.29) is 11.9 Å². The number of carbonyl (C=O) groups is 1. The Morgan fingerprint density at radius 1 is 1.10 bits per heavy atom. The van der Waals surface area contributed by atoms with Gasteiger partial charge in [-0.25, -0.2) is 0 Å². The highest BCUT2D eigenvalue weighted by Crippen LogP contribution is 2.43. The first kappa shape index (κ1) is 20.6. The summed E-state index contributed by atoms with van der Waals surface area (Å²) >= 11 is 0. The molecule has 0 N–H and O–H groups in total. The van der Waals surface area contributed by atoms with Crippen LogP contribution in [0.2, 0.25) is 16.6 Å². The first-order valence-corrected chi connectivity index (χ1v) is 10.6. The van der Waals surface area contributed by atoms with Gasteiger partial charge in [-0.15, -0.1) is 6.58 Å². The van der Waals surface area contributed by atoms with Gasteiger partial charge in [-0.05, 0) is 42.8 Å². The standard InChI is InChI=1S/C18H36O2Si/c1-9-11-18(13-10-12-17(8)19)20-21(14(2)3,15(4)5)16(6)7/h9,14-16,18H,1,10-13H2,2-8H3/t18-/m0/s1. The van der Waals surface area contributed by atoms with Gasteiger partial charge in [0.15, 0.2) is 0 Å². The molecule has 1 atom stereocenters. The molecule has 0 aliphatic rings. The Hall–Kier alpha value is -0.413. The van der Waals surface area contributed by atoms with Crippen LogP contribution < -0.4 is 0 Å². The van der Waals surface area contributed by atoms with E-state index in [1.54, 1.807) is 6.92 Å². The quantitative estimate of drug-likeness (QED) is 0.351. The highest BCUT2D eigenvalue weighted by atomic mass is 28.4. The topological polar surface area (TPSA) is 26.3 Å². The van der Waals surface area contributed by atoms with E-state index in [9.17, 15) is 4.79 Å². The summed E-state index contributed by atoms with van der Waals surface area (Å²) in [7, 11) is -1.84. The molecular weight excluding hydrogens is 276 g/mol. The molecule has 0 aromatic heterocycles. The molecule has 0 radical (unpaired) electrons. The summed E-state index contributed by atoms with van der Waals surface area (Å²) in [5.74, 6) is 0.271. The van der Waals surface area contributed by atoms with Crippen LogP contribution in [0.15, 0.2) is 12.7 Å². The van der Waals surface area contributed by atoms with Crippen molar-refractivity contribution in [1.82, 2.24) is 0 Å². The van der Waals surface area contributed by atoms with E-state index >= 15 is 0 Å². The van der Waals surface area contributed by atoms with E-state index in [1.165, 1.54) is 0 Å². The summed E-state index contributed by atoms with van der Waals surface area (Å²) in [6.45, 7) is 19.4. The highest BCUT2D eigenvalue weighted by molar-refractivity contribution is 6.77. The van der Waals surface area contributed by atoms with Gasteiger partial charge in [-0.3, -0.25) is 0 Å². The molecule has 0 bridgehead atoms. The van der Waals surface area contributed by atoms with Crippen molar-refractivity contribution >= 4 is 14.1 Å². The maximum Gasteiger partial charge on any atom is 0.200 e. The lowest BCUT2D eigenvalue weighted by atomic mass is 10.1. The van der Waals surface area contributed by atoms with Gasteiger partial charge in [-0.2, -0.15) is 0 Å². The van der Waals surface area contributed by atoms with E-state index in [0.29, 0.717) is 23.0 Å². The third kappa shape index (κ3) is 6.07. The van der Waals surface area contributed by atoms with Crippen LogP contribution in [0, 0.1) is 0 Å². The lowest BCUT2D eigenvalue weighted by Crippen LogP contribution is -2.50. The van der Waals surface area contributed by atoms with E-state index in [4.69, 9.17) is 4.43 Å². The van der Waals surface area contributed by atoms with Crippen molar-refractivity contribution in [3.63, 3.8) is 0 Å². The predicted molar refractivity (Wildman–Crippen MR) is 95.3 cm³/mol. The zero-order valence-electron chi connectivity index (χ0n) is 15.2. The van der Waals surface area contributed by atoms with Crippen LogP contribution in [0.4, 0.5) is 0 Å². The fourth-order valence-electron chi connectivity index (χ4n) is 3.69. The number of hydrogen-bond acceptors (Lipinski definition) is 2. The maximum absolute atomic E-state index is 11.1. The lowest BCUT2D eigenvalue weighted by Gasteiger charge is -2.44. The molecule has 0 aliphatic heterocycles. The number of rotatable bonds is 11. The molecule has 0 heterocycles. The van der Waals surface area contributed by atoms with Crippen molar-refractivity contribution < 1.29 is 9.22 Å². The van der Waals surface area contributed by atoms with Gasteiger partial charge in [0.2, 0.25) is 8.32 Å². The smallest absolute Gasteiger partial charge is 0.200 e. The molecule has 0 spiro atoms. The summed E-state index contributed by atoms with van der Waals surface area (Å²) in [4.78, 5) is 11.1. The van der Waals surface area contributed by atoms with E-state index in [2.05, 4.69) is 48.1 Å². The average molecular weight is 313 g/mol. The average Bonchev–Trinajstić information content (AvgIpc) is 2.33. The van der Waals surface area contributed by atoms with Crippen molar-refractivity contribution in [2.45, 2.75) is 96.9 Å². The fraction of sp³-hybridized carbons (Fsp3) is 0.833. The second-order valence-electron chi connectivity index (χ2n) is 7.18. The molecule has 2 nitrogen and oxygen atoms in total. The van der Waals surface area contributed by atoms with Gasteiger partial charge in [0, 0.05) is 12.5 Å². The van der Waals surface area contributed by atoms with Crippen molar-refractivity contribution in [3.8, 4) is 0 Å². The minimum Gasteiger partial charge on any atom is -0.413 e. The minimum absolute atomic E-state index is 0.223. The molecular formula is C18H36O2Si. The SMILES string of the molecule is C=CC[C@@H](CCCC(C)=O)O[Si](C(C)C)(C(C)C)C(C)C. The second-order valence-corrected chi connectivity index (χ2v) is 12.6. The summed E-state index contributed by atoms with van der Waals surface area (Å²) in [6.07, 6.45) is 5.62. The van der Waals surface area contributed by atoms with Crippen molar-refractivity contribution in [3.05, 3.63) is 12.7 Å². The van der Waals surface area contributed by atoms with Gasteiger partial charge >= 0.3 is 0 Å². The molecule has 0 saturated carbocycles. The van der Waals surface area contributed by atoms with Gasteiger partial charge in [0.25, 0.3) is 0 Å². The molecule has 0 rings (SSSR count). The first-order chi connectivity index (χ1) is 9.68. The molecule has 0 fully saturated rings. The van der Waals surface area contributed by atoms with E-state index in [0.717, 1.165) is 19.3 Å². The highest BCUT2D eigenvalue weighted by Gasteiger charge is 2.46. The molecule has 0 aliphatic carbocycles. The predicted octanol–water partition coefficient (Wildman–Crippen LogP) is 5.88. The first-order valence-electron chi connectivity index (χ1n) is 8.46. The monoisotopic (exact) mass is 312 g/mol. The number of hydrogen-bond donors (Lipinski definition) is 0. The molecule has 0 amide bonds. The summed E-state index contributed by atoms with van der Waals surface area (Å²) in [5, 5.41) is 0. The summed E-state index contributed by atoms with van der Waals surface area (Å²) in [6, 6.07) is 0. The molecule has 0 aromatic carbocycles. The third-order valence-electron chi connectivity index (χ3n) is 4.56. The van der Waals surface area contributed by atoms with Crippen molar-refractivity contribution in [2.24, 2.45) is 0 Å². The largest absolute Gasteiger partial charge is 0.413 e. The van der Waals surface area contributed by atoms with Crippen LogP contribution in [0.25, 0.3) is 0 Å². The third-order valence-corrected chi connectivity index (χ3v) is 10.7. The van der Waals surface area contributed by atoms with Crippen LogP contribution in [-0.4, -0.2) is 20.2 Å². The van der Waals surface area contributed by atoms with Crippen molar-refractivity contribution in [2.75, 3.05) is 0 Å². The Kier molecular flexibility index (Phi) is 9.38. The summed E-state index contributed by atoms with van der Waals surface area (Å²) in [5.41, 5.74) is 1.79. The Morgan fingerprint density at radius 3 is 1.90 bits per heavy atom. The zero-order chi connectivity index (χ0) is 16.6. The van der Waals surface area contributed by atoms with Crippen molar-refractivity contribution in [1.29, 1.82) is 0 Å². The van der Waals surface area contributed by atoms with Crippen LogP contribution in [0.5, 0.6) is 0 Å². The Bertz CT molecular complexity index is 299. The van der Waals surface area contributed by atoms with E-state index < -0.39 is 8.32 Å². The second kappa shape index (κ2) is 9.57. The number of Topliss-reactive ketones (excluding diaryl/α,β-unsaturated/α-hetero) is 1. The zero-order valence-corrected chi connectivity index (χ0v) is 16.2. The van der Waals surface area contributed by atoms with Gasteiger partial charge in [0.05, 0.1) is 0 Å². The summed E-state index contributed by atoms with van der Waals surface area (Å²) < 4.78 is 6.80. The molecule has 124 valence electrons. The minimum atomic E-state index is -1.84. The lowest BCUT2D eigenvalue weighted by molar-refractivity contribution is -0.117. The van der Waals surface area contributed by atoms with Crippen LogP contribution in [0.1, 0.15) is 74.1 Å². The van der Waals surface area contributed by atoms with E-state index in [1.807, 2.05) is 6.08 Å². The molecule has 0 saturated heterocycles. The Balaban J connectivity index is 5.03. The molecule has 0 aromatic rings. The normalized spacial score (nSPS) is 14.0. The Labute approximate surface area is 133 Å². The van der Waals surface area contributed by atoms with Gasteiger partial charge < -0.3 is 9.22 Å². The number of ketones is 1. The Morgan fingerprint density at radius 2 is 1.57 bits per heavy atom.